The fourth-order valence-electron chi connectivity index (χ4n) is 3.72. The molecule has 0 atom stereocenters. The van der Waals surface area contributed by atoms with Crippen LogP contribution in [0.2, 0.25) is 5.02 Å². The van der Waals surface area contributed by atoms with E-state index in [0.29, 0.717) is 0 Å². The van der Waals surface area contributed by atoms with Gasteiger partial charge in [0.25, 0.3) is 11.8 Å². The summed E-state index contributed by atoms with van der Waals surface area (Å²) in [5, 5.41) is 19.4. The van der Waals surface area contributed by atoms with Crippen LogP contribution >= 0.6 is 11.6 Å². The average molecular weight is 641 g/mol. The number of rotatable bonds is 8. The number of hydrogen-bond donors (Lipinski definition) is 3. The van der Waals surface area contributed by atoms with Gasteiger partial charge in [0.1, 0.15) is 0 Å². The number of alkyl halides is 8. The molecule has 0 bridgehead atoms. The number of anilines is 1. The molecule has 0 aliphatic carbocycles. The molecule has 0 spiro atoms. The molecule has 2 amide bonds. The van der Waals surface area contributed by atoms with Gasteiger partial charge in [-0.15, -0.1) is 5.10 Å². The highest BCUT2D eigenvalue weighted by atomic mass is 35.5. The van der Waals surface area contributed by atoms with Crippen LogP contribution in [0.1, 0.15) is 57.3 Å². The van der Waals surface area contributed by atoms with Crippen molar-refractivity contribution in [2.24, 2.45) is 5.16 Å². The molecule has 43 heavy (non-hydrogen) atoms. The van der Waals surface area contributed by atoms with E-state index < -0.39 is 53.8 Å². The summed E-state index contributed by atoms with van der Waals surface area (Å²) < 4.78 is 105. The third-order valence-electron chi connectivity index (χ3n) is 5.73. The highest BCUT2D eigenvalue weighted by molar-refractivity contribution is 6.35. The van der Waals surface area contributed by atoms with Crippen LogP contribution in [0, 0.1) is 6.92 Å². The Morgan fingerprint density at radius 1 is 1.05 bits per heavy atom. The molecular weight excluding hydrogens is 620 g/mol. The van der Waals surface area contributed by atoms with Crippen LogP contribution in [0.25, 0.3) is 0 Å². The maximum absolute atomic E-state index is 13.7. The van der Waals surface area contributed by atoms with Crippen LogP contribution < -0.4 is 10.6 Å². The van der Waals surface area contributed by atoms with Gasteiger partial charge in [-0.3, -0.25) is 9.59 Å². The molecule has 0 aliphatic heterocycles. The number of halogens is 9. The van der Waals surface area contributed by atoms with Crippen LogP contribution in [0.15, 0.2) is 41.6 Å². The fraction of sp³-hybridized carbons (Fsp3) is 0.320. The number of aromatic nitrogens is 3. The quantitative estimate of drug-likeness (QED) is 0.118. The van der Waals surface area contributed by atoms with Crippen molar-refractivity contribution in [1.29, 1.82) is 0 Å². The molecule has 1 heterocycles. The summed E-state index contributed by atoms with van der Waals surface area (Å²) in [5.41, 5.74) is -1.16. The smallest absolute Gasteiger partial charge is 0.411 e. The second-order valence-electron chi connectivity index (χ2n) is 9.67. The maximum atomic E-state index is 13.7. The van der Waals surface area contributed by atoms with Gasteiger partial charge >= 0.3 is 18.3 Å². The lowest BCUT2D eigenvalue weighted by Gasteiger charge is -2.22. The number of benzene rings is 2. The molecule has 3 rings (SSSR count). The second kappa shape index (κ2) is 11.8. The van der Waals surface area contributed by atoms with Crippen molar-refractivity contribution in [2.45, 2.75) is 51.1 Å². The number of aryl methyl sites for hydroxylation is 1. The van der Waals surface area contributed by atoms with Gasteiger partial charge in [0.05, 0.1) is 34.4 Å². The lowest BCUT2D eigenvalue weighted by Crippen LogP contribution is -2.45. The van der Waals surface area contributed by atoms with E-state index in [4.69, 9.17) is 16.8 Å². The molecule has 18 heteroatoms. The minimum atomic E-state index is -6.23. The average Bonchev–Trinajstić information content (AvgIpc) is 3.29. The number of hydrogen-bond acceptors (Lipinski definition) is 6. The third-order valence-corrected chi connectivity index (χ3v) is 6.05. The monoisotopic (exact) mass is 640 g/mol. The first-order valence-corrected chi connectivity index (χ1v) is 12.2. The Hall–Kier alpha value is -4.28. The molecule has 0 fully saturated rings. The normalized spacial score (nSPS) is 12.9. The molecule has 2 aromatic carbocycles. The Labute approximate surface area is 242 Å². The molecule has 0 aliphatic rings. The van der Waals surface area contributed by atoms with Crippen LogP contribution in [0.3, 0.4) is 0 Å². The lowest BCUT2D eigenvalue weighted by molar-refractivity contribution is -0.292. The van der Waals surface area contributed by atoms with Crippen molar-refractivity contribution in [1.82, 2.24) is 20.1 Å². The third kappa shape index (κ3) is 7.39. The predicted molar refractivity (Wildman–Crippen MR) is 136 cm³/mol. The van der Waals surface area contributed by atoms with Gasteiger partial charge in [-0.2, -0.15) is 35.1 Å². The number of amides is 2. The molecule has 0 unspecified atom stereocenters. The van der Waals surface area contributed by atoms with Crippen LogP contribution in [0.5, 0.6) is 0 Å². The summed E-state index contributed by atoms with van der Waals surface area (Å²) in [7, 11) is 0. The Morgan fingerprint density at radius 3 is 2.26 bits per heavy atom. The van der Waals surface area contributed by atoms with Gasteiger partial charge in [0.2, 0.25) is 11.6 Å². The number of nitrogens with zero attached hydrogens (tertiary/aromatic N) is 4. The van der Waals surface area contributed by atoms with Crippen molar-refractivity contribution in [3.05, 3.63) is 75.3 Å². The van der Waals surface area contributed by atoms with E-state index in [0.717, 1.165) is 6.21 Å². The summed E-state index contributed by atoms with van der Waals surface area (Å²) in [6.07, 6.45) is -10.6. The Kier molecular flexibility index (Phi) is 9.10. The van der Waals surface area contributed by atoms with Gasteiger partial charge in [-0.1, -0.05) is 35.0 Å². The number of oxime groups is 1. The zero-order valence-corrected chi connectivity index (χ0v) is 23.0. The molecule has 9 nitrogen and oxygen atoms in total. The topological polar surface area (TPSA) is 122 Å². The minimum Gasteiger partial charge on any atom is -0.411 e. The zero-order chi connectivity index (χ0) is 32.5. The van der Waals surface area contributed by atoms with Crippen molar-refractivity contribution in [3.63, 3.8) is 0 Å². The first kappa shape index (κ1) is 33.2. The Bertz CT molecular complexity index is 1570. The summed E-state index contributed by atoms with van der Waals surface area (Å²) in [6.45, 7) is 3.55. The molecular formula is C25H21ClF8N6O3. The van der Waals surface area contributed by atoms with Crippen molar-refractivity contribution < 1.29 is 49.9 Å². The van der Waals surface area contributed by atoms with E-state index in [2.05, 4.69) is 25.9 Å². The Morgan fingerprint density at radius 2 is 1.70 bits per heavy atom. The minimum absolute atomic E-state index is 0.0108. The Balaban J connectivity index is 1.90. The highest BCUT2D eigenvalue weighted by Crippen LogP contribution is 2.43. The van der Waals surface area contributed by atoms with E-state index in [1.165, 1.54) is 57.2 Å². The number of nitrogens with one attached hydrogen (secondary N) is 2. The molecule has 232 valence electrons. The van der Waals surface area contributed by atoms with Crippen molar-refractivity contribution in [2.75, 3.05) is 5.32 Å². The molecule has 3 N–H and O–H groups in total. The largest absolute Gasteiger partial charge is 0.461 e. The van der Waals surface area contributed by atoms with Gasteiger partial charge in [0.15, 0.2) is 0 Å². The maximum Gasteiger partial charge on any atom is 0.461 e. The molecule has 1 aromatic heterocycles. The van der Waals surface area contributed by atoms with Gasteiger partial charge in [-0.25, -0.2) is 9.67 Å². The summed E-state index contributed by atoms with van der Waals surface area (Å²) in [5.74, 6) is -11.8. The van der Waals surface area contributed by atoms with Gasteiger partial charge in [-0.05, 0) is 50.1 Å². The van der Waals surface area contributed by atoms with Crippen molar-refractivity contribution >= 4 is 35.3 Å². The highest BCUT2D eigenvalue weighted by Gasteiger charge is 2.62. The molecule has 0 radical (unpaired) electrons. The standard InChI is InChI=1S/C25H21ClF8N6O3/c1-12-9-13(10-40-21(24(29,30)31)37-20(39-40)23(27,28)25(32,33)34)7-8-16(12)36-18(41)14-5-4-6-15(26)17(14)19(42)38-22(2,3)11-35-43/h4-9,11,43H,10H2,1-3H3,(H,36,41)(H,38,42)/b35-11+. The van der Waals surface area contributed by atoms with Crippen LogP contribution in [-0.4, -0.2) is 49.7 Å². The lowest BCUT2D eigenvalue weighted by atomic mass is 10.0. The summed E-state index contributed by atoms with van der Waals surface area (Å²) in [4.78, 5) is 28.5. The summed E-state index contributed by atoms with van der Waals surface area (Å²) in [6, 6.07) is 7.70. The van der Waals surface area contributed by atoms with E-state index in [9.17, 15) is 44.7 Å². The number of carbonyl (C=O) groups excluding carboxylic acids is 2. The van der Waals surface area contributed by atoms with E-state index in [1.807, 2.05) is 0 Å². The number of carbonyl (C=O) groups is 2. The SMILES string of the molecule is Cc1cc(Cn2nc(C(F)(F)C(F)(F)F)nc2C(F)(F)F)ccc1NC(=O)c1cccc(Cl)c1C(=O)NC(C)(C)/C=N/O. The molecule has 3 aromatic rings. The van der Waals surface area contributed by atoms with E-state index in [-0.39, 0.29) is 37.6 Å². The van der Waals surface area contributed by atoms with E-state index in [1.54, 1.807) is 0 Å². The first-order chi connectivity index (χ1) is 19.7. The fourth-order valence-corrected chi connectivity index (χ4v) is 3.98. The van der Waals surface area contributed by atoms with Crippen molar-refractivity contribution in [3.8, 4) is 0 Å². The predicted octanol–water partition coefficient (Wildman–Crippen LogP) is 6.18. The van der Waals surface area contributed by atoms with Gasteiger partial charge in [0, 0.05) is 5.69 Å². The van der Waals surface area contributed by atoms with E-state index >= 15 is 0 Å². The zero-order valence-electron chi connectivity index (χ0n) is 22.2. The van der Waals surface area contributed by atoms with Crippen LogP contribution in [-0.2, 0) is 18.6 Å². The second-order valence-corrected chi connectivity index (χ2v) is 10.1. The first-order valence-electron chi connectivity index (χ1n) is 11.9. The molecule has 0 saturated carbocycles. The molecule has 0 saturated heterocycles. The van der Waals surface area contributed by atoms with Gasteiger partial charge < -0.3 is 15.8 Å². The van der Waals surface area contributed by atoms with Crippen LogP contribution in [0.4, 0.5) is 40.8 Å². The summed E-state index contributed by atoms with van der Waals surface area (Å²) >= 11 is 6.18.